The van der Waals surface area contributed by atoms with Crippen LogP contribution in [0.1, 0.15) is 61.5 Å². The van der Waals surface area contributed by atoms with Crippen molar-refractivity contribution < 1.29 is 24.5 Å². The fraction of sp³-hybridized carbons (Fsp3) is 0.611. The van der Waals surface area contributed by atoms with E-state index in [9.17, 15) is 15.0 Å². The van der Waals surface area contributed by atoms with Crippen molar-refractivity contribution in [2.45, 2.75) is 64.6 Å². The van der Waals surface area contributed by atoms with Crippen molar-refractivity contribution in [3.63, 3.8) is 0 Å². The van der Waals surface area contributed by atoms with Gasteiger partial charge in [0.15, 0.2) is 0 Å². The number of aliphatic hydroxyl groups is 1. The summed E-state index contributed by atoms with van der Waals surface area (Å²) >= 11 is 0. The third-order valence-corrected chi connectivity index (χ3v) is 4.47. The van der Waals surface area contributed by atoms with Gasteiger partial charge >= 0.3 is 5.97 Å². The molecule has 0 bridgehead atoms. The number of aryl methyl sites for hydroxylation is 1. The number of carboxylic acids is 1. The Morgan fingerprint density at radius 2 is 2.13 bits per heavy atom. The number of aromatic carboxylic acids is 1. The second-order valence-electron chi connectivity index (χ2n) is 6.61. The average molecular weight is 322 g/mol. The number of hydrogen-bond acceptors (Lipinski definition) is 4. The maximum Gasteiger partial charge on any atom is 0.339 e. The largest absolute Gasteiger partial charge is 0.496 e. The van der Waals surface area contributed by atoms with Crippen molar-refractivity contribution in [2.24, 2.45) is 0 Å². The number of carbonyl (C=O) groups is 1. The molecular formula is C18H26O5. The van der Waals surface area contributed by atoms with E-state index in [1.165, 1.54) is 0 Å². The molecule has 1 heterocycles. The number of aliphatic hydroxyl groups excluding tert-OH is 1. The molecule has 0 unspecified atom stereocenters. The van der Waals surface area contributed by atoms with Crippen molar-refractivity contribution in [3.05, 3.63) is 22.8 Å². The lowest BCUT2D eigenvalue weighted by Crippen LogP contribution is -2.47. The minimum absolute atomic E-state index is 0.205. The molecule has 5 nitrogen and oxygen atoms in total. The van der Waals surface area contributed by atoms with Crippen molar-refractivity contribution in [3.8, 4) is 11.5 Å². The first kappa shape index (κ1) is 17.6. The van der Waals surface area contributed by atoms with Crippen LogP contribution in [0.15, 0.2) is 6.07 Å². The van der Waals surface area contributed by atoms with E-state index in [1.807, 2.05) is 0 Å². The van der Waals surface area contributed by atoms with E-state index in [4.69, 9.17) is 9.47 Å². The maximum absolute atomic E-state index is 11.8. The van der Waals surface area contributed by atoms with Crippen molar-refractivity contribution in [1.82, 2.24) is 0 Å². The highest BCUT2D eigenvalue weighted by molar-refractivity contribution is 5.94. The highest BCUT2D eigenvalue weighted by Crippen LogP contribution is 2.43. The zero-order chi connectivity index (χ0) is 17.2. The summed E-state index contributed by atoms with van der Waals surface area (Å²) in [5, 5.41) is 19.9. The number of methoxy groups -OCH3 is 1. The Hall–Kier alpha value is -1.75. The molecule has 2 N–H and O–H groups in total. The van der Waals surface area contributed by atoms with Gasteiger partial charge in [-0.2, -0.15) is 0 Å². The topological polar surface area (TPSA) is 76.0 Å². The van der Waals surface area contributed by atoms with Crippen LogP contribution in [0.5, 0.6) is 11.5 Å². The summed E-state index contributed by atoms with van der Waals surface area (Å²) in [7, 11) is 1.55. The number of benzene rings is 1. The maximum atomic E-state index is 11.8. The Morgan fingerprint density at radius 3 is 2.70 bits per heavy atom. The van der Waals surface area contributed by atoms with Gasteiger partial charge in [-0.05, 0) is 38.3 Å². The molecular weight excluding hydrogens is 296 g/mol. The van der Waals surface area contributed by atoms with Gasteiger partial charge in [0.25, 0.3) is 0 Å². The van der Waals surface area contributed by atoms with Crippen LogP contribution in [0, 0.1) is 0 Å². The first-order valence-corrected chi connectivity index (χ1v) is 8.15. The smallest absolute Gasteiger partial charge is 0.339 e. The Balaban J connectivity index is 2.56. The summed E-state index contributed by atoms with van der Waals surface area (Å²) in [6.45, 7) is 5.64. The lowest BCUT2D eigenvalue weighted by Gasteiger charge is -2.38. The summed E-state index contributed by atoms with van der Waals surface area (Å²) in [5.74, 6) is -0.0627. The van der Waals surface area contributed by atoms with Crippen LogP contribution < -0.4 is 9.47 Å². The van der Waals surface area contributed by atoms with Gasteiger partial charge in [-0.25, -0.2) is 4.79 Å². The first-order chi connectivity index (χ1) is 10.8. The first-order valence-electron chi connectivity index (χ1n) is 8.15. The highest BCUT2D eigenvalue weighted by Gasteiger charge is 2.40. The highest BCUT2D eigenvalue weighted by atomic mass is 16.5. The van der Waals surface area contributed by atoms with Crippen molar-refractivity contribution in [2.75, 3.05) is 7.11 Å². The molecule has 1 aliphatic heterocycles. The number of hydrogen-bond donors (Lipinski definition) is 2. The number of fused-ring (bicyclic) bond motifs is 1. The summed E-state index contributed by atoms with van der Waals surface area (Å²) < 4.78 is 11.3. The van der Waals surface area contributed by atoms with E-state index in [0.29, 0.717) is 29.9 Å². The van der Waals surface area contributed by atoms with Crippen molar-refractivity contribution in [1.29, 1.82) is 0 Å². The average Bonchev–Trinajstić information content (AvgIpc) is 2.47. The van der Waals surface area contributed by atoms with Gasteiger partial charge < -0.3 is 19.7 Å². The van der Waals surface area contributed by atoms with Gasteiger partial charge in [-0.3, -0.25) is 0 Å². The standard InChI is InChI=1S/C18H26O5/c1-5-6-7-8-11-9-13(22-4)12-10-14(19)18(2,3)23-16(12)15(11)17(20)21/h9,14,19H,5-8,10H2,1-4H3,(H,20,21)/t14-/m1/s1. The lowest BCUT2D eigenvalue weighted by molar-refractivity contribution is -0.0424. The predicted molar refractivity (Wildman–Crippen MR) is 87.6 cm³/mol. The van der Waals surface area contributed by atoms with Gasteiger partial charge in [0, 0.05) is 12.0 Å². The minimum atomic E-state index is -0.998. The molecule has 1 aromatic carbocycles. The normalized spacial score (nSPS) is 18.9. The van der Waals surface area contributed by atoms with Crippen LogP contribution in [-0.4, -0.2) is 35.0 Å². The zero-order valence-electron chi connectivity index (χ0n) is 14.3. The lowest BCUT2D eigenvalue weighted by atomic mass is 9.87. The SMILES string of the molecule is CCCCCc1cc(OC)c2c(c1C(=O)O)OC(C)(C)[C@H](O)C2. The molecule has 1 atom stereocenters. The zero-order valence-corrected chi connectivity index (χ0v) is 14.3. The van der Waals surface area contributed by atoms with E-state index >= 15 is 0 Å². The van der Waals surface area contributed by atoms with E-state index in [2.05, 4.69) is 6.92 Å². The van der Waals surface area contributed by atoms with Gasteiger partial charge in [-0.15, -0.1) is 0 Å². The summed E-state index contributed by atoms with van der Waals surface area (Å²) in [4.78, 5) is 11.8. The fourth-order valence-electron chi connectivity index (χ4n) is 2.98. The molecule has 23 heavy (non-hydrogen) atoms. The van der Waals surface area contributed by atoms with E-state index in [-0.39, 0.29) is 5.56 Å². The molecule has 5 heteroatoms. The third-order valence-electron chi connectivity index (χ3n) is 4.47. The van der Waals surface area contributed by atoms with Crippen LogP contribution in [0.4, 0.5) is 0 Å². The summed E-state index contributed by atoms with van der Waals surface area (Å²) in [6.07, 6.45) is 3.32. The molecule has 0 spiro atoms. The quantitative estimate of drug-likeness (QED) is 0.787. The molecule has 1 aromatic rings. The van der Waals surface area contributed by atoms with Crippen molar-refractivity contribution >= 4 is 5.97 Å². The molecule has 0 saturated carbocycles. The number of carboxylic acid groups (broad SMARTS) is 1. The molecule has 1 aliphatic rings. The fourth-order valence-corrected chi connectivity index (χ4v) is 2.98. The second-order valence-corrected chi connectivity index (χ2v) is 6.61. The Labute approximate surface area is 137 Å². The molecule has 0 saturated heterocycles. The minimum Gasteiger partial charge on any atom is -0.496 e. The van der Waals surface area contributed by atoms with Crippen LogP contribution >= 0.6 is 0 Å². The van der Waals surface area contributed by atoms with E-state index in [0.717, 1.165) is 24.8 Å². The molecule has 0 fully saturated rings. The Morgan fingerprint density at radius 1 is 1.43 bits per heavy atom. The van der Waals surface area contributed by atoms with Crippen LogP contribution in [0.25, 0.3) is 0 Å². The monoisotopic (exact) mass is 322 g/mol. The Bertz CT molecular complexity index is 592. The summed E-state index contributed by atoms with van der Waals surface area (Å²) in [5.41, 5.74) is 0.742. The molecule has 2 rings (SSSR count). The number of unbranched alkanes of at least 4 members (excludes halogenated alkanes) is 2. The molecule has 0 aromatic heterocycles. The molecule has 0 aliphatic carbocycles. The molecule has 0 radical (unpaired) electrons. The molecule has 128 valence electrons. The van der Waals surface area contributed by atoms with Gasteiger partial charge in [-0.1, -0.05) is 19.8 Å². The number of ether oxygens (including phenoxy) is 2. The number of rotatable bonds is 6. The Kier molecular flexibility index (Phi) is 5.19. The van der Waals surface area contributed by atoms with Crippen LogP contribution in [0.3, 0.4) is 0 Å². The van der Waals surface area contributed by atoms with Gasteiger partial charge in [0.05, 0.1) is 13.2 Å². The molecule has 0 amide bonds. The summed E-state index contributed by atoms with van der Waals surface area (Å²) in [6, 6.07) is 1.78. The van der Waals surface area contributed by atoms with Crippen LogP contribution in [0.2, 0.25) is 0 Å². The second kappa shape index (κ2) is 6.79. The van der Waals surface area contributed by atoms with Crippen LogP contribution in [-0.2, 0) is 12.8 Å². The van der Waals surface area contributed by atoms with E-state index in [1.54, 1.807) is 27.0 Å². The third kappa shape index (κ3) is 3.44. The van der Waals surface area contributed by atoms with Gasteiger partial charge in [0.2, 0.25) is 0 Å². The van der Waals surface area contributed by atoms with Gasteiger partial charge in [0.1, 0.15) is 22.7 Å². The predicted octanol–water partition coefficient (Wildman–Crippen LogP) is 3.20. The van der Waals surface area contributed by atoms with E-state index < -0.39 is 17.7 Å².